The molecule has 20 heavy (non-hydrogen) atoms. The van der Waals surface area contributed by atoms with E-state index in [2.05, 4.69) is 30.1 Å². The van der Waals surface area contributed by atoms with Gasteiger partial charge in [-0.05, 0) is 25.0 Å². The van der Waals surface area contributed by atoms with Gasteiger partial charge in [0.15, 0.2) is 0 Å². The average molecular weight is 273 g/mol. The van der Waals surface area contributed by atoms with E-state index in [0.29, 0.717) is 12.1 Å². The molecule has 4 heteroatoms. The van der Waals surface area contributed by atoms with Gasteiger partial charge in [-0.15, -0.1) is 0 Å². The average Bonchev–Trinajstić information content (AvgIpc) is 2.53. The van der Waals surface area contributed by atoms with Crippen LogP contribution in [0.2, 0.25) is 0 Å². The summed E-state index contributed by atoms with van der Waals surface area (Å²) in [7, 11) is 1.66. The second-order valence-corrected chi connectivity index (χ2v) is 5.22. The predicted octanol–water partition coefficient (Wildman–Crippen LogP) is 2.53. The molecule has 2 atom stereocenters. The van der Waals surface area contributed by atoms with Crippen molar-refractivity contribution in [2.75, 3.05) is 25.1 Å². The number of ether oxygens (including phenoxy) is 1. The molecule has 0 aromatic heterocycles. The quantitative estimate of drug-likeness (QED) is 0.916. The maximum absolute atomic E-state index is 9.36. The van der Waals surface area contributed by atoms with Gasteiger partial charge in [-0.2, -0.15) is 5.26 Å². The van der Waals surface area contributed by atoms with E-state index >= 15 is 0 Å². The summed E-state index contributed by atoms with van der Waals surface area (Å²) in [5.74, 6) is 0.806. The number of rotatable bonds is 4. The zero-order valence-corrected chi connectivity index (χ0v) is 12.5. The fourth-order valence-corrected chi connectivity index (χ4v) is 2.77. The fraction of sp³-hybridized carbons (Fsp3) is 0.562. The monoisotopic (exact) mass is 273 g/mol. The van der Waals surface area contributed by atoms with Gasteiger partial charge in [-0.3, -0.25) is 0 Å². The van der Waals surface area contributed by atoms with Crippen LogP contribution in [0.1, 0.15) is 32.3 Å². The van der Waals surface area contributed by atoms with Gasteiger partial charge in [0.25, 0.3) is 0 Å². The number of piperazine rings is 1. The van der Waals surface area contributed by atoms with E-state index in [4.69, 9.17) is 4.74 Å². The molecule has 2 unspecified atom stereocenters. The van der Waals surface area contributed by atoms with Crippen LogP contribution in [0.25, 0.3) is 0 Å². The lowest BCUT2D eigenvalue weighted by Gasteiger charge is -2.42. The molecule has 1 heterocycles. The summed E-state index contributed by atoms with van der Waals surface area (Å²) in [6.45, 7) is 6.30. The smallest absolute Gasteiger partial charge is 0.121 e. The highest BCUT2D eigenvalue weighted by molar-refractivity contribution is 5.63. The Balaban J connectivity index is 2.37. The molecule has 1 saturated heterocycles. The maximum Gasteiger partial charge on any atom is 0.121 e. The first-order valence-electron chi connectivity index (χ1n) is 7.31. The van der Waals surface area contributed by atoms with Crippen LogP contribution < -0.4 is 15.0 Å². The van der Waals surface area contributed by atoms with Crippen LogP contribution in [-0.2, 0) is 0 Å². The minimum Gasteiger partial charge on any atom is -0.497 e. The van der Waals surface area contributed by atoms with E-state index < -0.39 is 0 Å². The van der Waals surface area contributed by atoms with Crippen molar-refractivity contribution in [3.8, 4) is 11.8 Å². The van der Waals surface area contributed by atoms with Crippen LogP contribution in [0, 0.1) is 11.3 Å². The lowest BCUT2D eigenvalue weighted by molar-refractivity contribution is 0.377. The van der Waals surface area contributed by atoms with Crippen LogP contribution in [-0.4, -0.2) is 32.3 Å². The van der Waals surface area contributed by atoms with Crippen molar-refractivity contribution in [2.24, 2.45) is 0 Å². The molecule has 0 bridgehead atoms. The summed E-state index contributed by atoms with van der Waals surface area (Å²) in [6.07, 6.45) is 2.16. The summed E-state index contributed by atoms with van der Waals surface area (Å²) in [4.78, 5) is 2.37. The van der Waals surface area contributed by atoms with Crippen LogP contribution >= 0.6 is 0 Å². The number of nitrogens with zero attached hydrogens (tertiary/aromatic N) is 2. The number of benzene rings is 1. The van der Waals surface area contributed by atoms with Crippen molar-refractivity contribution in [1.82, 2.24) is 5.32 Å². The van der Waals surface area contributed by atoms with E-state index in [0.717, 1.165) is 42.9 Å². The number of hydrogen-bond donors (Lipinski definition) is 1. The van der Waals surface area contributed by atoms with Crippen molar-refractivity contribution in [2.45, 2.75) is 38.8 Å². The van der Waals surface area contributed by atoms with E-state index in [1.165, 1.54) is 0 Å². The maximum atomic E-state index is 9.36. The van der Waals surface area contributed by atoms with Gasteiger partial charge < -0.3 is 15.0 Å². The van der Waals surface area contributed by atoms with E-state index in [9.17, 15) is 5.26 Å². The normalized spacial score (nSPS) is 22.4. The lowest BCUT2D eigenvalue weighted by Crippen LogP contribution is -2.56. The Morgan fingerprint density at radius 1 is 1.40 bits per heavy atom. The molecule has 1 fully saturated rings. The number of methoxy groups -OCH3 is 1. The van der Waals surface area contributed by atoms with Crippen molar-refractivity contribution in [3.63, 3.8) is 0 Å². The molecular weight excluding hydrogens is 250 g/mol. The Labute approximate surface area is 121 Å². The highest BCUT2D eigenvalue weighted by atomic mass is 16.5. The molecule has 1 aromatic rings. The van der Waals surface area contributed by atoms with E-state index in [-0.39, 0.29) is 0 Å². The number of hydrogen-bond acceptors (Lipinski definition) is 4. The number of anilines is 1. The van der Waals surface area contributed by atoms with Crippen LogP contribution in [0.4, 0.5) is 5.69 Å². The third kappa shape index (κ3) is 2.88. The van der Waals surface area contributed by atoms with Crippen molar-refractivity contribution >= 4 is 5.69 Å². The Morgan fingerprint density at radius 3 is 2.80 bits per heavy atom. The molecule has 1 aliphatic rings. The highest BCUT2D eigenvalue weighted by Crippen LogP contribution is 2.29. The predicted molar refractivity (Wildman–Crippen MR) is 81.2 cm³/mol. The fourth-order valence-electron chi connectivity index (χ4n) is 2.77. The second-order valence-electron chi connectivity index (χ2n) is 5.22. The molecule has 108 valence electrons. The molecule has 1 aliphatic heterocycles. The topological polar surface area (TPSA) is 48.3 Å². The Kier molecular flexibility index (Phi) is 4.86. The molecule has 0 aliphatic carbocycles. The van der Waals surface area contributed by atoms with Gasteiger partial charge in [0.05, 0.1) is 18.4 Å². The van der Waals surface area contributed by atoms with E-state index in [1.807, 2.05) is 18.2 Å². The molecule has 1 aromatic carbocycles. The zero-order valence-electron chi connectivity index (χ0n) is 12.5. The summed E-state index contributed by atoms with van der Waals surface area (Å²) < 4.78 is 5.32. The first kappa shape index (κ1) is 14.7. The van der Waals surface area contributed by atoms with Crippen LogP contribution in [0.15, 0.2) is 18.2 Å². The molecule has 2 rings (SSSR count). The minimum atomic E-state index is 0.428. The Bertz CT molecular complexity index is 495. The van der Waals surface area contributed by atoms with Gasteiger partial charge in [-0.1, -0.05) is 13.8 Å². The molecule has 0 radical (unpaired) electrons. The number of nitrogens with one attached hydrogen (secondary N) is 1. The minimum absolute atomic E-state index is 0.428. The SMILES string of the molecule is CCC1CN(c2cc(OC)ccc2C#N)C(CC)CN1. The van der Waals surface area contributed by atoms with Crippen LogP contribution in [0.3, 0.4) is 0 Å². The van der Waals surface area contributed by atoms with Gasteiger partial charge in [0, 0.05) is 31.2 Å². The largest absolute Gasteiger partial charge is 0.497 e. The molecule has 0 saturated carbocycles. The van der Waals surface area contributed by atoms with Gasteiger partial charge in [0.1, 0.15) is 11.8 Å². The number of nitriles is 1. The summed E-state index contributed by atoms with van der Waals surface area (Å²) in [6, 6.07) is 8.90. The van der Waals surface area contributed by atoms with Crippen LogP contribution in [0.5, 0.6) is 5.75 Å². The molecule has 0 spiro atoms. The zero-order chi connectivity index (χ0) is 14.5. The van der Waals surface area contributed by atoms with Gasteiger partial charge in [-0.25, -0.2) is 0 Å². The molecular formula is C16H23N3O. The highest BCUT2D eigenvalue weighted by Gasteiger charge is 2.27. The summed E-state index contributed by atoms with van der Waals surface area (Å²) >= 11 is 0. The lowest BCUT2D eigenvalue weighted by atomic mass is 10.0. The van der Waals surface area contributed by atoms with Crippen molar-refractivity contribution in [3.05, 3.63) is 23.8 Å². The summed E-state index contributed by atoms with van der Waals surface area (Å²) in [5, 5.41) is 12.9. The van der Waals surface area contributed by atoms with Crippen molar-refractivity contribution < 1.29 is 4.74 Å². The molecule has 1 N–H and O–H groups in total. The first-order chi connectivity index (χ1) is 9.73. The van der Waals surface area contributed by atoms with Gasteiger partial charge >= 0.3 is 0 Å². The standard InChI is InChI=1S/C16H23N3O/c1-4-13-11-19(14(5-2)10-18-13)16-8-15(20-3)7-6-12(16)9-17/h6-8,13-14,18H,4-5,10-11H2,1-3H3. The Hall–Kier alpha value is -1.73. The van der Waals surface area contributed by atoms with E-state index in [1.54, 1.807) is 7.11 Å². The Morgan fingerprint density at radius 2 is 2.20 bits per heavy atom. The molecule has 0 amide bonds. The summed E-state index contributed by atoms with van der Waals surface area (Å²) in [5.41, 5.74) is 1.72. The first-order valence-corrected chi connectivity index (χ1v) is 7.31. The second kappa shape index (κ2) is 6.62. The third-order valence-electron chi connectivity index (χ3n) is 4.10. The van der Waals surface area contributed by atoms with Gasteiger partial charge in [0.2, 0.25) is 0 Å². The third-order valence-corrected chi connectivity index (χ3v) is 4.10. The van der Waals surface area contributed by atoms with Crippen molar-refractivity contribution in [1.29, 1.82) is 5.26 Å². The molecule has 4 nitrogen and oxygen atoms in total.